The summed E-state index contributed by atoms with van der Waals surface area (Å²) in [7, 11) is 0. The molecule has 136 valence electrons. The lowest BCUT2D eigenvalue weighted by Crippen LogP contribution is -2.53. The Morgan fingerprint density at radius 3 is 2.42 bits per heavy atom. The summed E-state index contributed by atoms with van der Waals surface area (Å²) in [4.78, 5) is 27.7. The summed E-state index contributed by atoms with van der Waals surface area (Å²) < 4.78 is 0. The van der Waals surface area contributed by atoms with Gasteiger partial charge in [-0.1, -0.05) is 51.1 Å². The fraction of sp³-hybridized carbons (Fsp3) is 0.333. The highest BCUT2D eigenvalue weighted by Gasteiger charge is 2.40. The summed E-state index contributed by atoms with van der Waals surface area (Å²) in [5, 5.41) is 0. The Hall–Kier alpha value is -2.66. The maximum absolute atomic E-state index is 13.3. The number of hydrogen-bond donors (Lipinski definition) is 2. The van der Waals surface area contributed by atoms with E-state index in [4.69, 9.17) is 11.5 Å². The van der Waals surface area contributed by atoms with Gasteiger partial charge in [-0.25, -0.2) is 4.90 Å². The lowest BCUT2D eigenvalue weighted by molar-refractivity contribution is -0.129. The van der Waals surface area contributed by atoms with Gasteiger partial charge in [0.2, 0.25) is 5.91 Å². The van der Waals surface area contributed by atoms with Crippen LogP contribution in [0.4, 0.5) is 11.4 Å². The topological polar surface area (TPSA) is 89.4 Å². The van der Waals surface area contributed by atoms with Crippen LogP contribution in [0.1, 0.15) is 39.2 Å². The van der Waals surface area contributed by atoms with Crippen molar-refractivity contribution in [2.24, 2.45) is 11.1 Å². The molecule has 1 heterocycles. The van der Waals surface area contributed by atoms with Crippen molar-refractivity contribution in [1.29, 1.82) is 0 Å². The van der Waals surface area contributed by atoms with E-state index < -0.39 is 23.3 Å². The monoisotopic (exact) mass is 351 g/mol. The summed E-state index contributed by atoms with van der Waals surface area (Å²) in [6.07, 6.45) is 0. The van der Waals surface area contributed by atoms with Crippen molar-refractivity contribution < 1.29 is 9.59 Å². The van der Waals surface area contributed by atoms with E-state index in [1.165, 1.54) is 4.90 Å². The average Bonchev–Trinajstić information content (AvgIpc) is 2.68. The number of imide groups is 1. The number of rotatable bonds is 1. The van der Waals surface area contributed by atoms with Crippen LogP contribution in [0.5, 0.6) is 0 Å². The Labute approximate surface area is 154 Å². The molecular weight excluding hydrogens is 326 g/mol. The first-order valence-electron chi connectivity index (χ1n) is 8.75. The molecule has 0 saturated carbocycles. The summed E-state index contributed by atoms with van der Waals surface area (Å²) >= 11 is 0. The van der Waals surface area contributed by atoms with Crippen LogP contribution in [0.2, 0.25) is 0 Å². The second kappa shape index (κ2) is 6.25. The maximum Gasteiger partial charge on any atom is 0.251 e. The van der Waals surface area contributed by atoms with E-state index in [-0.39, 0.29) is 5.91 Å². The molecular formula is C21H25N3O2. The van der Waals surface area contributed by atoms with Crippen LogP contribution in [0.15, 0.2) is 42.5 Å². The number of benzene rings is 2. The quantitative estimate of drug-likeness (QED) is 0.772. The molecule has 5 nitrogen and oxygen atoms in total. The van der Waals surface area contributed by atoms with E-state index in [1.54, 1.807) is 18.2 Å². The maximum atomic E-state index is 13.3. The van der Waals surface area contributed by atoms with E-state index in [9.17, 15) is 9.59 Å². The standard InChI is InChI=1S/C21H25N3O2/c1-12-13-8-5-6-9-14(13)17-15(22)10-7-11-16(17)24(19(12)25)20(26)18(23)21(2,3)4/h5-12,18H,22-23H2,1-4H3/t12-,18-/m1/s1. The zero-order chi connectivity index (χ0) is 19.2. The molecule has 0 spiro atoms. The Kier molecular flexibility index (Phi) is 4.36. The molecule has 1 aliphatic rings. The Bertz CT molecular complexity index is 883. The Balaban J connectivity index is 2.28. The first kappa shape index (κ1) is 18.1. The third-order valence-electron chi connectivity index (χ3n) is 5.02. The van der Waals surface area contributed by atoms with Crippen LogP contribution < -0.4 is 16.4 Å². The van der Waals surface area contributed by atoms with Crippen LogP contribution in [0.25, 0.3) is 11.1 Å². The molecule has 4 N–H and O–H groups in total. The second-order valence-corrected chi connectivity index (χ2v) is 7.91. The zero-order valence-electron chi connectivity index (χ0n) is 15.6. The molecule has 2 atom stereocenters. The van der Waals surface area contributed by atoms with Gasteiger partial charge in [-0.2, -0.15) is 0 Å². The van der Waals surface area contributed by atoms with Crippen molar-refractivity contribution in [2.45, 2.75) is 39.7 Å². The van der Waals surface area contributed by atoms with Gasteiger partial charge in [0.25, 0.3) is 5.91 Å². The fourth-order valence-corrected chi connectivity index (χ4v) is 3.32. The molecule has 0 aliphatic carbocycles. The van der Waals surface area contributed by atoms with E-state index in [2.05, 4.69) is 0 Å². The molecule has 2 amide bonds. The number of anilines is 2. The number of nitrogens with zero attached hydrogens (tertiary/aromatic N) is 1. The highest BCUT2D eigenvalue weighted by Crippen LogP contribution is 2.44. The summed E-state index contributed by atoms with van der Waals surface area (Å²) in [6, 6.07) is 12.1. The summed E-state index contributed by atoms with van der Waals surface area (Å²) in [5.41, 5.74) is 15.5. The molecule has 0 saturated heterocycles. The van der Waals surface area contributed by atoms with E-state index in [1.807, 2.05) is 52.0 Å². The predicted molar refractivity (Wildman–Crippen MR) is 105 cm³/mol. The van der Waals surface area contributed by atoms with Gasteiger partial charge in [0.05, 0.1) is 17.6 Å². The Morgan fingerprint density at radius 2 is 1.77 bits per heavy atom. The zero-order valence-corrected chi connectivity index (χ0v) is 15.6. The molecule has 0 bridgehead atoms. The first-order chi connectivity index (χ1) is 12.1. The molecule has 0 radical (unpaired) electrons. The normalized spacial score (nSPS) is 18.0. The predicted octanol–water partition coefficient (Wildman–Crippen LogP) is 3.29. The van der Waals surface area contributed by atoms with Gasteiger partial charge in [-0.05, 0) is 35.6 Å². The number of nitrogens with two attached hydrogens (primary N) is 2. The van der Waals surface area contributed by atoms with Crippen molar-refractivity contribution in [2.75, 3.05) is 10.6 Å². The second-order valence-electron chi connectivity index (χ2n) is 7.91. The molecule has 5 heteroatoms. The third-order valence-corrected chi connectivity index (χ3v) is 5.02. The van der Waals surface area contributed by atoms with E-state index >= 15 is 0 Å². The Morgan fingerprint density at radius 1 is 1.12 bits per heavy atom. The van der Waals surface area contributed by atoms with Gasteiger partial charge in [0.1, 0.15) is 0 Å². The molecule has 2 aromatic carbocycles. The average molecular weight is 351 g/mol. The van der Waals surface area contributed by atoms with Gasteiger partial charge in [0, 0.05) is 11.3 Å². The van der Waals surface area contributed by atoms with Crippen LogP contribution in [0, 0.1) is 5.41 Å². The van der Waals surface area contributed by atoms with Crippen molar-refractivity contribution >= 4 is 23.2 Å². The molecule has 26 heavy (non-hydrogen) atoms. The van der Waals surface area contributed by atoms with Crippen LogP contribution in [-0.4, -0.2) is 17.9 Å². The molecule has 2 aromatic rings. The minimum Gasteiger partial charge on any atom is -0.398 e. The smallest absolute Gasteiger partial charge is 0.251 e. The third kappa shape index (κ3) is 2.78. The van der Waals surface area contributed by atoms with E-state index in [0.717, 1.165) is 11.1 Å². The minimum absolute atomic E-state index is 0.286. The van der Waals surface area contributed by atoms with Gasteiger partial charge >= 0.3 is 0 Å². The summed E-state index contributed by atoms with van der Waals surface area (Å²) in [6.45, 7) is 7.47. The van der Waals surface area contributed by atoms with Crippen molar-refractivity contribution in [1.82, 2.24) is 0 Å². The largest absolute Gasteiger partial charge is 0.398 e. The number of fused-ring (bicyclic) bond motifs is 3. The van der Waals surface area contributed by atoms with Crippen LogP contribution in [-0.2, 0) is 9.59 Å². The molecule has 0 fully saturated rings. The highest BCUT2D eigenvalue weighted by atomic mass is 16.2. The van der Waals surface area contributed by atoms with Gasteiger partial charge in [0.15, 0.2) is 0 Å². The summed E-state index contributed by atoms with van der Waals surface area (Å²) in [5.74, 6) is -1.17. The number of nitrogen functional groups attached to an aromatic ring is 1. The van der Waals surface area contributed by atoms with Crippen molar-refractivity contribution in [3.63, 3.8) is 0 Å². The SMILES string of the molecule is C[C@H]1C(=O)N(C(=O)[C@@H](N)C(C)(C)C)c2cccc(N)c2-c2ccccc21. The van der Waals surface area contributed by atoms with Gasteiger partial charge < -0.3 is 11.5 Å². The lowest BCUT2D eigenvalue weighted by Gasteiger charge is -2.32. The lowest BCUT2D eigenvalue weighted by atomic mass is 9.86. The van der Waals surface area contributed by atoms with Crippen LogP contribution >= 0.6 is 0 Å². The molecule has 1 aliphatic heterocycles. The number of carbonyl (C=O) groups excluding carboxylic acids is 2. The first-order valence-corrected chi connectivity index (χ1v) is 8.75. The molecule has 0 unspecified atom stereocenters. The minimum atomic E-state index is -0.811. The number of carbonyl (C=O) groups is 2. The molecule has 0 aromatic heterocycles. The van der Waals surface area contributed by atoms with Gasteiger partial charge in [-0.15, -0.1) is 0 Å². The van der Waals surface area contributed by atoms with Gasteiger partial charge in [-0.3, -0.25) is 9.59 Å². The fourth-order valence-electron chi connectivity index (χ4n) is 3.32. The van der Waals surface area contributed by atoms with E-state index in [0.29, 0.717) is 16.9 Å². The number of hydrogen-bond acceptors (Lipinski definition) is 4. The number of amides is 2. The van der Waals surface area contributed by atoms with Crippen molar-refractivity contribution in [3.05, 3.63) is 48.0 Å². The highest BCUT2D eigenvalue weighted by molar-refractivity contribution is 6.22. The van der Waals surface area contributed by atoms with Crippen molar-refractivity contribution in [3.8, 4) is 11.1 Å². The van der Waals surface area contributed by atoms with Crippen LogP contribution in [0.3, 0.4) is 0 Å². The molecule has 3 rings (SSSR count).